The van der Waals surface area contributed by atoms with E-state index in [4.69, 9.17) is 16.0 Å². The van der Waals surface area contributed by atoms with Crippen LogP contribution in [0, 0.1) is 5.92 Å². The highest BCUT2D eigenvalue weighted by Crippen LogP contribution is 2.28. The number of benzene rings is 1. The third kappa shape index (κ3) is 4.48. The van der Waals surface area contributed by atoms with Gasteiger partial charge in [-0.25, -0.2) is 0 Å². The topological polar surface area (TPSA) is 68.0 Å². The van der Waals surface area contributed by atoms with Crippen molar-refractivity contribution in [3.63, 3.8) is 0 Å². The molecule has 1 unspecified atom stereocenters. The molecule has 1 N–H and O–H groups in total. The summed E-state index contributed by atoms with van der Waals surface area (Å²) >= 11 is 7.29. The predicted molar refractivity (Wildman–Crippen MR) is 87.9 cm³/mol. The molecule has 0 aliphatic heterocycles. The predicted octanol–water partition coefficient (Wildman–Crippen LogP) is 3.64. The van der Waals surface area contributed by atoms with Crippen molar-refractivity contribution >= 4 is 29.3 Å². The van der Waals surface area contributed by atoms with Gasteiger partial charge in [0.15, 0.2) is 0 Å². The standard InChI is InChI=1S/C15H18ClN3O2S/c1-9(2)10(3)17-13(20)8-22-15-19-18-14(21-15)11-6-4-5-7-12(11)16/h4-7,9-10H,8H2,1-3H3,(H,17,20). The summed E-state index contributed by atoms with van der Waals surface area (Å²) in [5, 5.41) is 11.7. The molecule has 0 saturated heterocycles. The monoisotopic (exact) mass is 339 g/mol. The van der Waals surface area contributed by atoms with Gasteiger partial charge in [0, 0.05) is 6.04 Å². The second-order valence-electron chi connectivity index (χ2n) is 5.24. The van der Waals surface area contributed by atoms with Crippen molar-refractivity contribution in [1.82, 2.24) is 15.5 Å². The number of aromatic nitrogens is 2. The molecule has 5 nitrogen and oxygen atoms in total. The average Bonchev–Trinajstić information content (AvgIpc) is 2.94. The van der Waals surface area contributed by atoms with E-state index in [1.807, 2.05) is 19.1 Å². The Balaban J connectivity index is 1.93. The molecule has 1 aromatic carbocycles. The number of thioether (sulfide) groups is 1. The van der Waals surface area contributed by atoms with Crippen molar-refractivity contribution in [1.29, 1.82) is 0 Å². The number of hydrogen-bond donors (Lipinski definition) is 1. The first-order chi connectivity index (χ1) is 10.5. The van der Waals surface area contributed by atoms with Gasteiger partial charge in [0.1, 0.15) is 0 Å². The first-order valence-corrected chi connectivity index (χ1v) is 8.34. The fourth-order valence-corrected chi connectivity index (χ4v) is 2.39. The summed E-state index contributed by atoms with van der Waals surface area (Å²) < 4.78 is 5.53. The summed E-state index contributed by atoms with van der Waals surface area (Å²) in [5.41, 5.74) is 0.682. The van der Waals surface area contributed by atoms with Crippen LogP contribution < -0.4 is 5.32 Å². The summed E-state index contributed by atoms with van der Waals surface area (Å²) in [6, 6.07) is 7.38. The van der Waals surface area contributed by atoms with Crippen molar-refractivity contribution in [3.8, 4) is 11.5 Å². The van der Waals surface area contributed by atoms with E-state index in [2.05, 4.69) is 29.4 Å². The summed E-state index contributed by atoms with van der Waals surface area (Å²) in [6.07, 6.45) is 0. The Morgan fingerprint density at radius 3 is 2.73 bits per heavy atom. The van der Waals surface area contributed by atoms with Crippen LogP contribution in [0.15, 0.2) is 33.9 Å². The molecular weight excluding hydrogens is 322 g/mol. The summed E-state index contributed by atoms with van der Waals surface area (Å²) in [5.74, 6) is 0.929. The van der Waals surface area contributed by atoms with Crippen molar-refractivity contribution in [2.45, 2.75) is 32.0 Å². The quantitative estimate of drug-likeness (QED) is 0.814. The van der Waals surface area contributed by atoms with Gasteiger partial charge in [-0.05, 0) is 25.0 Å². The second-order valence-corrected chi connectivity index (χ2v) is 6.58. The molecule has 0 saturated carbocycles. The minimum absolute atomic E-state index is 0.0521. The van der Waals surface area contributed by atoms with Crippen LogP contribution in [0.3, 0.4) is 0 Å². The highest BCUT2D eigenvalue weighted by Gasteiger charge is 2.15. The molecule has 1 aromatic heterocycles. The molecule has 1 atom stereocenters. The van der Waals surface area contributed by atoms with E-state index in [-0.39, 0.29) is 17.7 Å². The zero-order chi connectivity index (χ0) is 16.1. The van der Waals surface area contributed by atoms with Crippen LogP contribution in [0.25, 0.3) is 11.5 Å². The zero-order valence-electron chi connectivity index (χ0n) is 12.7. The first-order valence-electron chi connectivity index (χ1n) is 6.98. The molecule has 1 heterocycles. The fraction of sp³-hybridized carbons (Fsp3) is 0.400. The van der Waals surface area contributed by atoms with Gasteiger partial charge >= 0.3 is 0 Å². The average molecular weight is 340 g/mol. The molecular formula is C15H18ClN3O2S. The molecule has 2 rings (SSSR count). The first kappa shape index (κ1) is 16.8. The highest BCUT2D eigenvalue weighted by molar-refractivity contribution is 7.99. The normalized spacial score (nSPS) is 12.4. The number of carbonyl (C=O) groups excluding carboxylic acids is 1. The van der Waals surface area contributed by atoms with E-state index < -0.39 is 0 Å². The molecule has 22 heavy (non-hydrogen) atoms. The molecule has 0 spiro atoms. The van der Waals surface area contributed by atoms with Crippen LogP contribution in [0.4, 0.5) is 0 Å². The summed E-state index contributed by atoms with van der Waals surface area (Å²) in [4.78, 5) is 11.8. The van der Waals surface area contributed by atoms with E-state index in [1.54, 1.807) is 12.1 Å². The maximum atomic E-state index is 11.8. The maximum absolute atomic E-state index is 11.8. The van der Waals surface area contributed by atoms with Crippen molar-refractivity contribution in [2.75, 3.05) is 5.75 Å². The second kappa shape index (κ2) is 7.65. The van der Waals surface area contributed by atoms with Crippen molar-refractivity contribution < 1.29 is 9.21 Å². The molecule has 0 aliphatic carbocycles. The Kier molecular flexibility index (Phi) is 5.85. The van der Waals surface area contributed by atoms with Gasteiger partial charge in [0.2, 0.25) is 11.8 Å². The molecule has 0 radical (unpaired) electrons. The van der Waals surface area contributed by atoms with E-state index >= 15 is 0 Å². The van der Waals surface area contributed by atoms with Crippen molar-refractivity contribution in [3.05, 3.63) is 29.3 Å². The summed E-state index contributed by atoms with van der Waals surface area (Å²) in [7, 11) is 0. The van der Waals surface area contributed by atoms with Gasteiger partial charge in [-0.3, -0.25) is 4.79 Å². The molecule has 2 aromatic rings. The van der Waals surface area contributed by atoms with Gasteiger partial charge in [-0.2, -0.15) is 0 Å². The molecule has 0 fully saturated rings. The van der Waals surface area contributed by atoms with Gasteiger partial charge in [0.05, 0.1) is 16.3 Å². The molecule has 0 bridgehead atoms. The third-order valence-corrected chi connectivity index (χ3v) is 4.37. The Bertz CT molecular complexity index is 645. The number of nitrogens with one attached hydrogen (secondary N) is 1. The molecule has 7 heteroatoms. The minimum Gasteiger partial charge on any atom is -0.411 e. The van der Waals surface area contributed by atoms with Crippen LogP contribution >= 0.6 is 23.4 Å². The van der Waals surface area contributed by atoms with Crippen LogP contribution in [0.2, 0.25) is 5.02 Å². The lowest BCUT2D eigenvalue weighted by atomic mass is 10.1. The number of hydrogen-bond acceptors (Lipinski definition) is 5. The van der Waals surface area contributed by atoms with E-state index in [1.165, 1.54) is 11.8 Å². The molecule has 118 valence electrons. The zero-order valence-corrected chi connectivity index (χ0v) is 14.2. The van der Waals surface area contributed by atoms with Gasteiger partial charge in [-0.15, -0.1) is 10.2 Å². The Morgan fingerprint density at radius 2 is 2.05 bits per heavy atom. The number of rotatable bonds is 6. The lowest BCUT2D eigenvalue weighted by Gasteiger charge is -2.16. The van der Waals surface area contributed by atoms with E-state index in [0.29, 0.717) is 27.6 Å². The Hall–Kier alpha value is -1.53. The molecule has 0 aliphatic rings. The highest BCUT2D eigenvalue weighted by atomic mass is 35.5. The minimum atomic E-state index is -0.0521. The molecule has 1 amide bonds. The van der Waals surface area contributed by atoms with Gasteiger partial charge in [-0.1, -0.05) is 49.3 Å². The van der Waals surface area contributed by atoms with Crippen molar-refractivity contribution in [2.24, 2.45) is 5.92 Å². The van der Waals surface area contributed by atoms with Crippen LogP contribution in [0.5, 0.6) is 0 Å². The Labute approximate surface area is 138 Å². The lowest BCUT2D eigenvalue weighted by Crippen LogP contribution is -2.37. The van der Waals surface area contributed by atoms with E-state index in [9.17, 15) is 4.79 Å². The third-order valence-electron chi connectivity index (χ3n) is 3.23. The van der Waals surface area contributed by atoms with E-state index in [0.717, 1.165) is 0 Å². The number of carbonyl (C=O) groups is 1. The van der Waals surface area contributed by atoms with Gasteiger partial charge < -0.3 is 9.73 Å². The fourth-order valence-electron chi connectivity index (χ4n) is 1.60. The van der Waals surface area contributed by atoms with Crippen LogP contribution in [-0.2, 0) is 4.79 Å². The Morgan fingerprint density at radius 1 is 1.32 bits per heavy atom. The lowest BCUT2D eigenvalue weighted by molar-refractivity contribution is -0.119. The SMILES string of the molecule is CC(C)C(C)NC(=O)CSc1nnc(-c2ccccc2Cl)o1. The van der Waals surface area contributed by atoms with Crippen LogP contribution in [-0.4, -0.2) is 27.9 Å². The number of halogens is 1. The smallest absolute Gasteiger partial charge is 0.277 e. The van der Waals surface area contributed by atoms with Gasteiger partial charge in [0.25, 0.3) is 5.22 Å². The van der Waals surface area contributed by atoms with Crippen LogP contribution in [0.1, 0.15) is 20.8 Å². The number of nitrogens with zero attached hydrogens (tertiary/aromatic N) is 2. The number of amides is 1. The summed E-state index contributed by atoms with van der Waals surface area (Å²) in [6.45, 7) is 6.10. The largest absolute Gasteiger partial charge is 0.411 e. The maximum Gasteiger partial charge on any atom is 0.277 e.